The van der Waals surface area contributed by atoms with Crippen molar-refractivity contribution < 1.29 is 4.79 Å². The van der Waals surface area contributed by atoms with Gasteiger partial charge in [-0.3, -0.25) is 24.8 Å². The van der Waals surface area contributed by atoms with E-state index < -0.39 is 0 Å². The smallest absolute Gasteiger partial charge is 0.224 e. The second-order valence-corrected chi connectivity index (χ2v) is 10.6. The standard InChI is InChI=1S/C32H29N7O/c40-31(11-20-5-2-1-3-6-20)36-24-12-23(16-34-17-24)21-8-9-28-26(13-21)32(39-38-28)29-14-25-27(18-35-19-30(25)37-29)22-7-4-10-33-15-22/h4,7-10,12-20,37H,1-3,5-6,11H2,(H,36,40)(H,38,39). The van der Waals surface area contributed by atoms with E-state index in [0.717, 1.165) is 74.0 Å². The third kappa shape index (κ3) is 4.73. The number of pyridine rings is 3. The third-order valence-electron chi connectivity index (χ3n) is 7.89. The summed E-state index contributed by atoms with van der Waals surface area (Å²) in [4.78, 5) is 29.3. The van der Waals surface area contributed by atoms with E-state index in [4.69, 9.17) is 0 Å². The van der Waals surface area contributed by atoms with Crippen molar-refractivity contribution >= 4 is 33.4 Å². The van der Waals surface area contributed by atoms with Gasteiger partial charge in [0.05, 0.1) is 34.8 Å². The molecule has 198 valence electrons. The lowest BCUT2D eigenvalue weighted by Gasteiger charge is -2.20. The first-order valence-electron chi connectivity index (χ1n) is 13.8. The summed E-state index contributed by atoms with van der Waals surface area (Å²) in [7, 11) is 0. The number of nitrogens with one attached hydrogen (secondary N) is 3. The van der Waals surface area contributed by atoms with Crippen LogP contribution in [-0.4, -0.2) is 36.0 Å². The van der Waals surface area contributed by atoms with Gasteiger partial charge >= 0.3 is 0 Å². The van der Waals surface area contributed by atoms with E-state index in [9.17, 15) is 4.79 Å². The number of aromatic amines is 2. The van der Waals surface area contributed by atoms with Crippen molar-refractivity contribution in [1.82, 2.24) is 30.1 Å². The van der Waals surface area contributed by atoms with E-state index in [2.05, 4.69) is 47.6 Å². The number of benzene rings is 1. The maximum atomic E-state index is 12.7. The molecule has 8 nitrogen and oxygen atoms in total. The Labute approximate surface area is 231 Å². The molecule has 0 saturated heterocycles. The Morgan fingerprint density at radius 2 is 1.70 bits per heavy atom. The van der Waals surface area contributed by atoms with Crippen LogP contribution in [0.3, 0.4) is 0 Å². The molecule has 0 bridgehead atoms. The molecule has 40 heavy (non-hydrogen) atoms. The molecule has 1 aliphatic carbocycles. The van der Waals surface area contributed by atoms with Gasteiger partial charge in [0.1, 0.15) is 5.69 Å². The monoisotopic (exact) mass is 527 g/mol. The van der Waals surface area contributed by atoms with Gasteiger partial charge in [-0.15, -0.1) is 0 Å². The predicted molar refractivity (Wildman–Crippen MR) is 157 cm³/mol. The Morgan fingerprint density at radius 3 is 2.58 bits per heavy atom. The highest BCUT2D eigenvalue weighted by Crippen LogP contribution is 2.35. The molecule has 6 aromatic rings. The Balaban J connectivity index is 1.19. The molecule has 0 unspecified atom stereocenters. The average Bonchev–Trinajstić information content (AvgIpc) is 3.62. The van der Waals surface area contributed by atoms with Crippen LogP contribution in [0.2, 0.25) is 0 Å². The highest BCUT2D eigenvalue weighted by atomic mass is 16.1. The summed E-state index contributed by atoms with van der Waals surface area (Å²) in [5.74, 6) is 0.560. The summed E-state index contributed by atoms with van der Waals surface area (Å²) in [5.41, 5.74) is 8.28. The Bertz CT molecular complexity index is 1820. The highest BCUT2D eigenvalue weighted by Gasteiger charge is 2.18. The number of H-pyrrole nitrogens is 2. The lowest BCUT2D eigenvalue weighted by Crippen LogP contribution is -2.18. The molecular weight excluding hydrogens is 498 g/mol. The number of aromatic nitrogens is 6. The normalized spacial score (nSPS) is 14.1. The largest absolute Gasteiger partial charge is 0.352 e. The Hall–Kier alpha value is -4.85. The van der Waals surface area contributed by atoms with Crippen LogP contribution in [0.25, 0.3) is 55.4 Å². The van der Waals surface area contributed by atoms with Crippen LogP contribution in [0, 0.1) is 5.92 Å². The summed E-state index contributed by atoms with van der Waals surface area (Å²) in [6, 6.07) is 14.3. The van der Waals surface area contributed by atoms with Crippen LogP contribution in [0.1, 0.15) is 38.5 Å². The van der Waals surface area contributed by atoms with Gasteiger partial charge in [0.2, 0.25) is 5.91 Å². The first kappa shape index (κ1) is 24.2. The summed E-state index contributed by atoms with van der Waals surface area (Å²) in [5, 5.41) is 12.9. The van der Waals surface area contributed by atoms with E-state index in [1.165, 1.54) is 19.3 Å². The minimum absolute atomic E-state index is 0.0670. The number of rotatable bonds is 6. The zero-order chi connectivity index (χ0) is 26.9. The molecule has 5 heterocycles. The first-order chi connectivity index (χ1) is 19.7. The van der Waals surface area contributed by atoms with Crippen molar-refractivity contribution in [3.63, 3.8) is 0 Å². The molecule has 0 aliphatic heterocycles. The molecule has 0 spiro atoms. The third-order valence-corrected chi connectivity index (χ3v) is 7.89. The first-order valence-corrected chi connectivity index (χ1v) is 13.8. The van der Waals surface area contributed by atoms with E-state index >= 15 is 0 Å². The van der Waals surface area contributed by atoms with E-state index in [-0.39, 0.29) is 5.91 Å². The molecule has 1 aromatic carbocycles. The average molecular weight is 528 g/mol. The summed E-state index contributed by atoms with van der Waals surface area (Å²) >= 11 is 0. The number of hydrogen-bond acceptors (Lipinski definition) is 5. The number of nitrogens with zero attached hydrogens (tertiary/aromatic N) is 4. The molecular formula is C32H29N7O. The van der Waals surface area contributed by atoms with Crippen LogP contribution in [0.4, 0.5) is 5.69 Å². The van der Waals surface area contributed by atoms with Gasteiger partial charge in [-0.25, -0.2) is 0 Å². The van der Waals surface area contributed by atoms with Crippen molar-refractivity contribution in [3.05, 3.63) is 79.6 Å². The molecule has 3 N–H and O–H groups in total. The Morgan fingerprint density at radius 1 is 0.825 bits per heavy atom. The zero-order valence-electron chi connectivity index (χ0n) is 22.0. The number of anilines is 1. The number of carbonyl (C=O) groups is 1. The topological polar surface area (TPSA) is 112 Å². The maximum absolute atomic E-state index is 12.7. The second-order valence-electron chi connectivity index (χ2n) is 10.6. The zero-order valence-corrected chi connectivity index (χ0v) is 22.0. The predicted octanol–water partition coefficient (Wildman–Crippen LogP) is 7.14. The molecule has 1 fully saturated rings. The number of fused-ring (bicyclic) bond motifs is 2. The van der Waals surface area contributed by atoms with Crippen molar-refractivity contribution in [1.29, 1.82) is 0 Å². The van der Waals surface area contributed by atoms with Crippen LogP contribution < -0.4 is 5.32 Å². The summed E-state index contributed by atoms with van der Waals surface area (Å²) in [6.45, 7) is 0. The van der Waals surface area contributed by atoms with Gasteiger partial charge in [-0.1, -0.05) is 31.4 Å². The molecule has 5 aromatic heterocycles. The van der Waals surface area contributed by atoms with E-state index in [1.807, 2.05) is 55.1 Å². The molecule has 1 amide bonds. The number of carbonyl (C=O) groups excluding carboxylic acids is 1. The number of amides is 1. The van der Waals surface area contributed by atoms with Crippen molar-refractivity contribution in [2.24, 2.45) is 5.92 Å². The fourth-order valence-corrected chi connectivity index (χ4v) is 5.86. The van der Waals surface area contributed by atoms with Gasteiger partial charge in [-0.05, 0) is 54.7 Å². The number of hydrogen-bond donors (Lipinski definition) is 3. The minimum Gasteiger partial charge on any atom is -0.352 e. The van der Waals surface area contributed by atoms with E-state index in [0.29, 0.717) is 12.3 Å². The van der Waals surface area contributed by atoms with Crippen LogP contribution in [-0.2, 0) is 4.79 Å². The maximum Gasteiger partial charge on any atom is 0.224 e. The molecule has 8 heteroatoms. The SMILES string of the molecule is O=C(CC1CCCCC1)Nc1cncc(-c2ccc3[nH]nc(-c4cc5c(-c6cccnc6)cncc5[nH]4)c3c2)c1. The quantitative estimate of drug-likeness (QED) is 0.213. The molecule has 7 rings (SSSR count). The van der Waals surface area contributed by atoms with Gasteiger partial charge < -0.3 is 10.3 Å². The van der Waals surface area contributed by atoms with Crippen LogP contribution in [0.5, 0.6) is 0 Å². The molecule has 0 atom stereocenters. The molecule has 1 saturated carbocycles. The van der Waals surface area contributed by atoms with Gasteiger partial charge in [0, 0.05) is 58.7 Å². The highest BCUT2D eigenvalue weighted by molar-refractivity contribution is 6.01. The van der Waals surface area contributed by atoms with Crippen molar-refractivity contribution in [2.45, 2.75) is 38.5 Å². The van der Waals surface area contributed by atoms with Crippen LogP contribution >= 0.6 is 0 Å². The molecule has 1 aliphatic rings. The summed E-state index contributed by atoms with van der Waals surface area (Å²) < 4.78 is 0. The van der Waals surface area contributed by atoms with Crippen LogP contribution in [0.15, 0.2) is 79.6 Å². The van der Waals surface area contributed by atoms with Crippen molar-refractivity contribution in [2.75, 3.05) is 5.32 Å². The van der Waals surface area contributed by atoms with Crippen molar-refractivity contribution in [3.8, 4) is 33.6 Å². The summed E-state index contributed by atoms with van der Waals surface area (Å²) in [6.07, 6.45) is 17.5. The lowest BCUT2D eigenvalue weighted by molar-refractivity contribution is -0.117. The minimum atomic E-state index is 0.0670. The fraction of sp³-hybridized carbons (Fsp3) is 0.219. The molecule has 0 radical (unpaired) electrons. The second kappa shape index (κ2) is 10.4. The van der Waals surface area contributed by atoms with E-state index in [1.54, 1.807) is 12.4 Å². The van der Waals surface area contributed by atoms with Gasteiger partial charge in [0.25, 0.3) is 0 Å². The van der Waals surface area contributed by atoms with Gasteiger partial charge in [-0.2, -0.15) is 5.10 Å². The Kier molecular flexibility index (Phi) is 6.28. The van der Waals surface area contributed by atoms with Gasteiger partial charge in [0.15, 0.2) is 0 Å². The lowest BCUT2D eigenvalue weighted by atomic mass is 9.87. The fourth-order valence-electron chi connectivity index (χ4n) is 5.86.